The van der Waals surface area contributed by atoms with Crippen molar-refractivity contribution in [1.82, 2.24) is 9.78 Å². The van der Waals surface area contributed by atoms with Gasteiger partial charge in [-0.3, -0.25) is 9.48 Å². The van der Waals surface area contributed by atoms with Crippen molar-refractivity contribution in [2.75, 3.05) is 5.32 Å². The number of aromatic nitrogens is 2. The number of nitrogens with zero attached hydrogens (tertiary/aromatic N) is 2. The van der Waals surface area contributed by atoms with Gasteiger partial charge in [-0.1, -0.05) is 0 Å². The van der Waals surface area contributed by atoms with Crippen LogP contribution in [-0.4, -0.2) is 15.7 Å². The fourth-order valence-corrected chi connectivity index (χ4v) is 3.92. The second-order valence-corrected chi connectivity index (χ2v) is 7.24. The summed E-state index contributed by atoms with van der Waals surface area (Å²) in [5.41, 5.74) is -0.130. The standard InChI is InChI=1S/C18H12F3N3O3S/c1-8-5-14(25)27-12-6-9(3-4-10(8)12)22-16(26)13-7-11-15(18(19,20)21)23-24(2)17(11)28-13/h3-7H,1-2H3,(H,22,26). The molecule has 0 fully saturated rings. The van der Waals surface area contributed by atoms with Gasteiger partial charge in [-0.2, -0.15) is 18.3 Å². The van der Waals surface area contributed by atoms with Crippen LogP contribution >= 0.6 is 11.3 Å². The molecule has 28 heavy (non-hydrogen) atoms. The molecule has 1 N–H and O–H groups in total. The molecule has 0 bridgehead atoms. The topological polar surface area (TPSA) is 77.1 Å². The Morgan fingerprint density at radius 1 is 1.21 bits per heavy atom. The molecule has 0 aliphatic heterocycles. The maximum atomic E-state index is 13.1. The zero-order valence-corrected chi connectivity index (χ0v) is 15.4. The highest BCUT2D eigenvalue weighted by Gasteiger charge is 2.37. The van der Waals surface area contributed by atoms with Gasteiger partial charge in [0.25, 0.3) is 5.91 Å². The summed E-state index contributed by atoms with van der Waals surface area (Å²) in [6.07, 6.45) is -4.61. The molecule has 0 saturated carbocycles. The average Bonchev–Trinajstić information content (AvgIpc) is 3.14. The number of benzene rings is 1. The van der Waals surface area contributed by atoms with E-state index in [0.29, 0.717) is 11.3 Å². The van der Waals surface area contributed by atoms with E-state index in [1.54, 1.807) is 19.1 Å². The number of thiophene rings is 1. The number of fused-ring (bicyclic) bond motifs is 2. The van der Waals surface area contributed by atoms with Crippen molar-refractivity contribution in [3.63, 3.8) is 0 Å². The quantitative estimate of drug-likeness (QED) is 0.502. The minimum Gasteiger partial charge on any atom is -0.423 e. The van der Waals surface area contributed by atoms with Crippen LogP contribution in [0.15, 0.2) is 39.5 Å². The molecular weight excluding hydrogens is 395 g/mol. The Balaban J connectivity index is 1.69. The lowest BCUT2D eigenvalue weighted by atomic mass is 10.1. The van der Waals surface area contributed by atoms with Crippen LogP contribution in [0.2, 0.25) is 0 Å². The average molecular weight is 407 g/mol. The molecule has 3 aromatic heterocycles. The number of carbonyl (C=O) groups is 1. The van der Waals surface area contributed by atoms with Crippen LogP contribution in [0.4, 0.5) is 18.9 Å². The second-order valence-electron chi connectivity index (χ2n) is 6.21. The van der Waals surface area contributed by atoms with E-state index in [9.17, 15) is 22.8 Å². The number of amides is 1. The molecule has 4 aromatic rings. The van der Waals surface area contributed by atoms with Gasteiger partial charge in [0.15, 0.2) is 5.69 Å². The summed E-state index contributed by atoms with van der Waals surface area (Å²) < 4.78 is 45.5. The number of halogens is 3. The van der Waals surface area contributed by atoms with Crippen molar-refractivity contribution < 1.29 is 22.4 Å². The van der Waals surface area contributed by atoms with Gasteiger partial charge in [0.05, 0.1) is 4.88 Å². The summed E-state index contributed by atoms with van der Waals surface area (Å²) in [5, 5.41) is 6.70. The third-order valence-corrected chi connectivity index (χ3v) is 5.41. The SMILES string of the molecule is Cc1cc(=O)oc2cc(NC(=O)c3cc4c(C(F)(F)F)nn(C)c4s3)ccc12. The predicted octanol–water partition coefficient (Wildman–Crippen LogP) is 4.32. The number of anilines is 1. The summed E-state index contributed by atoms with van der Waals surface area (Å²) in [6.45, 7) is 1.76. The summed E-state index contributed by atoms with van der Waals surface area (Å²) in [6, 6.07) is 7.36. The maximum absolute atomic E-state index is 13.1. The van der Waals surface area contributed by atoms with Crippen molar-refractivity contribution in [2.45, 2.75) is 13.1 Å². The van der Waals surface area contributed by atoms with Gasteiger partial charge < -0.3 is 9.73 Å². The van der Waals surface area contributed by atoms with Gasteiger partial charge >= 0.3 is 11.8 Å². The molecule has 1 aromatic carbocycles. The van der Waals surface area contributed by atoms with Gasteiger partial charge in [-0.05, 0) is 30.7 Å². The van der Waals surface area contributed by atoms with E-state index in [-0.39, 0.29) is 15.1 Å². The molecule has 0 radical (unpaired) electrons. The van der Waals surface area contributed by atoms with Crippen LogP contribution in [-0.2, 0) is 13.2 Å². The summed E-state index contributed by atoms with van der Waals surface area (Å²) >= 11 is 0.912. The van der Waals surface area contributed by atoms with Crippen molar-refractivity contribution in [3.05, 3.63) is 56.9 Å². The lowest BCUT2D eigenvalue weighted by Crippen LogP contribution is -2.11. The van der Waals surface area contributed by atoms with Crippen LogP contribution in [0, 0.1) is 6.92 Å². The Labute approximate surface area is 159 Å². The van der Waals surface area contributed by atoms with Gasteiger partial charge in [0.1, 0.15) is 10.4 Å². The van der Waals surface area contributed by atoms with E-state index >= 15 is 0 Å². The fourth-order valence-electron chi connectivity index (χ4n) is 2.96. The summed E-state index contributed by atoms with van der Waals surface area (Å²) in [5.74, 6) is -0.566. The van der Waals surface area contributed by atoms with Crippen molar-refractivity contribution in [3.8, 4) is 0 Å². The van der Waals surface area contributed by atoms with Gasteiger partial charge in [-0.25, -0.2) is 4.79 Å². The van der Waals surface area contributed by atoms with Crippen molar-refractivity contribution >= 4 is 44.1 Å². The predicted molar refractivity (Wildman–Crippen MR) is 98.8 cm³/mol. The summed E-state index contributed by atoms with van der Waals surface area (Å²) in [7, 11) is 1.39. The first kappa shape index (κ1) is 18.2. The molecule has 10 heteroatoms. The first-order valence-electron chi connectivity index (χ1n) is 8.03. The maximum Gasteiger partial charge on any atom is 0.435 e. The number of hydrogen-bond acceptors (Lipinski definition) is 5. The number of alkyl halides is 3. The van der Waals surface area contributed by atoms with Crippen LogP contribution in [0.3, 0.4) is 0 Å². The zero-order valence-electron chi connectivity index (χ0n) is 14.5. The number of rotatable bonds is 2. The second kappa shape index (κ2) is 6.20. The highest BCUT2D eigenvalue weighted by molar-refractivity contribution is 7.20. The van der Waals surface area contributed by atoms with E-state index in [0.717, 1.165) is 27.0 Å². The monoisotopic (exact) mass is 407 g/mol. The van der Waals surface area contributed by atoms with Crippen LogP contribution < -0.4 is 10.9 Å². The van der Waals surface area contributed by atoms with Crippen molar-refractivity contribution in [1.29, 1.82) is 0 Å². The van der Waals surface area contributed by atoms with Crippen LogP contribution in [0.5, 0.6) is 0 Å². The molecule has 1 amide bonds. The van der Waals surface area contributed by atoms with E-state index in [1.165, 1.54) is 25.2 Å². The number of carbonyl (C=O) groups excluding carboxylic acids is 1. The highest BCUT2D eigenvalue weighted by atomic mass is 32.1. The normalized spacial score (nSPS) is 12.0. The molecule has 0 aliphatic carbocycles. The summed E-state index contributed by atoms with van der Waals surface area (Å²) in [4.78, 5) is 24.4. The number of hydrogen-bond donors (Lipinski definition) is 1. The number of nitrogens with one attached hydrogen (secondary N) is 1. The van der Waals surface area contributed by atoms with Crippen molar-refractivity contribution in [2.24, 2.45) is 7.05 Å². The molecule has 0 saturated heterocycles. The molecule has 0 atom stereocenters. The van der Waals surface area contributed by atoms with Crippen LogP contribution in [0.1, 0.15) is 20.9 Å². The largest absolute Gasteiger partial charge is 0.435 e. The Hall–Kier alpha value is -3.14. The van der Waals surface area contributed by atoms with E-state index in [4.69, 9.17) is 4.42 Å². The third-order valence-electron chi connectivity index (χ3n) is 4.21. The Morgan fingerprint density at radius 2 is 1.96 bits per heavy atom. The molecule has 144 valence electrons. The Bertz CT molecular complexity index is 1300. The third kappa shape index (κ3) is 3.05. The lowest BCUT2D eigenvalue weighted by Gasteiger charge is -2.06. The molecular formula is C18H12F3N3O3S. The Kier molecular flexibility index (Phi) is 4.03. The molecule has 0 unspecified atom stereocenters. The Morgan fingerprint density at radius 3 is 2.68 bits per heavy atom. The molecule has 0 aliphatic rings. The molecule has 6 nitrogen and oxygen atoms in total. The molecule has 0 spiro atoms. The smallest absolute Gasteiger partial charge is 0.423 e. The first-order chi connectivity index (χ1) is 13.1. The lowest BCUT2D eigenvalue weighted by molar-refractivity contribution is -0.140. The highest BCUT2D eigenvalue weighted by Crippen LogP contribution is 2.37. The van der Waals surface area contributed by atoms with Gasteiger partial charge in [0, 0.05) is 35.6 Å². The van der Waals surface area contributed by atoms with Gasteiger partial charge in [-0.15, -0.1) is 11.3 Å². The van der Waals surface area contributed by atoms with E-state index in [1.807, 2.05) is 0 Å². The zero-order chi connectivity index (χ0) is 20.2. The number of aryl methyl sites for hydroxylation is 2. The molecule has 4 rings (SSSR count). The minimum absolute atomic E-state index is 0.110. The first-order valence-corrected chi connectivity index (χ1v) is 8.85. The fraction of sp³-hybridized carbons (Fsp3) is 0.167. The van der Waals surface area contributed by atoms with Gasteiger partial charge in [0.2, 0.25) is 0 Å². The molecule has 3 heterocycles. The van der Waals surface area contributed by atoms with E-state index in [2.05, 4.69) is 10.4 Å². The van der Waals surface area contributed by atoms with Crippen LogP contribution in [0.25, 0.3) is 21.2 Å². The minimum atomic E-state index is -4.61. The van der Waals surface area contributed by atoms with E-state index < -0.39 is 23.4 Å².